The zero-order chi connectivity index (χ0) is 22.6. The fourth-order valence-corrected chi connectivity index (χ4v) is 8.70. The lowest BCUT2D eigenvalue weighted by Gasteiger charge is -2.59. The summed E-state index contributed by atoms with van der Waals surface area (Å²) in [6.45, 7) is 7.17. The van der Waals surface area contributed by atoms with Crippen LogP contribution in [0.3, 0.4) is 0 Å². The molecule has 4 aliphatic carbocycles. The van der Waals surface area contributed by atoms with Gasteiger partial charge in [-0.1, -0.05) is 31.9 Å². The molecule has 1 aromatic rings. The minimum Gasteiger partial charge on any atom is -0.390 e. The van der Waals surface area contributed by atoms with Crippen LogP contribution in [0, 0.1) is 34.5 Å². The maximum atomic E-state index is 10.7. The van der Waals surface area contributed by atoms with E-state index in [1.165, 1.54) is 38.5 Å². The fraction of sp³-hybridized carbons (Fsp3) is 0.759. The number of nitrogens with zero attached hydrogens (tertiary/aromatic N) is 1. The molecule has 2 N–H and O–H groups in total. The van der Waals surface area contributed by atoms with E-state index < -0.39 is 5.60 Å². The molecule has 0 spiro atoms. The van der Waals surface area contributed by atoms with E-state index in [1.54, 1.807) is 18.0 Å². The molecular weight excluding hydrogens is 394 g/mol. The van der Waals surface area contributed by atoms with Crippen molar-refractivity contribution in [2.24, 2.45) is 34.5 Å². The van der Waals surface area contributed by atoms with Gasteiger partial charge in [0.25, 0.3) is 0 Å². The molecule has 0 bridgehead atoms. The van der Waals surface area contributed by atoms with Gasteiger partial charge in [0.1, 0.15) is 0 Å². The molecule has 3 heteroatoms. The number of aromatic nitrogens is 1. The first-order chi connectivity index (χ1) is 15.2. The third kappa shape index (κ3) is 3.78. The van der Waals surface area contributed by atoms with E-state index in [9.17, 15) is 10.2 Å². The molecule has 0 aliphatic heterocycles. The summed E-state index contributed by atoms with van der Waals surface area (Å²) in [6.07, 6.45) is 18.7. The van der Waals surface area contributed by atoms with Crippen molar-refractivity contribution in [1.29, 1.82) is 0 Å². The van der Waals surface area contributed by atoms with Crippen LogP contribution in [0.2, 0.25) is 0 Å². The summed E-state index contributed by atoms with van der Waals surface area (Å²) in [5, 5.41) is 21.3. The molecule has 32 heavy (non-hydrogen) atoms. The van der Waals surface area contributed by atoms with Gasteiger partial charge < -0.3 is 10.2 Å². The first-order valence-corrected chi connectivity index (χ1v) is 13.2. The summed E-state index contributed by atoms with van der Waals surface area (Å²) < 4.78 is 0. The van der Waals surface area contributed by atoms with Crippen molar-refractivity contribution in [1.82, 2.24) is 4.98 Å². The summed E-state index contributed by atoms with van der Waals surface area (Å²) in [5.74, 6) is 3.30. The van der Waals surface area contributed by atoms with E-state index in [-0.39, 0.29) is 6.10 Å². The van der Waals surface area contributed by atoms with Crippen molar-refractivity contribution in [3.8, 4) is 0 Å². The third-order valence-corrected chi connectivity index (χ3v) is 10.7. The number of fused-ring (bicyclic) bond motifs is 5. The Morgan fingerprint density at radius 3 is 2.59 bits per heavy atom. The molecule has 1 aromatic heterocycles. The Balaban J connectivity index is 1.25. The molecule has 3 saturated carbocycles. The van der Waals surface area contributed by atoms with Crippen LogP contribution in [-0.2, 0) is 0 Å². The van der Waals surface area contributed by atoms with E-state index >= 15 is 0 Å². The predicted molar refractivity (Wildman–Crippen MR) is 129 cm³/mol. The molecule has 5 rings (SSSR count). The van der Waals surface area contributed by atoms with Gasteiger partial charge in [0, 0.05) is 12.4 Å². The smallest absolute Gasteiger partial charge is 0.0791 e. The summed E-state index contributed by atoms with van der Waals surface area (Å²) in [5.41, 5.74) is 2.86. The molecule has 0 radical (unpaired) electrons. The number of pyridine rings is 1. The lowest BCUT2D eigenvalue weighted by Crippen LogP contribution is -2.51. The van der Waals surface area contributed by atoms with Gasteiger partial charge in [0.15, 0.2) is 0 Å². The van der Waals surface area contributed by atoms with Gasteiger partial charge in [-0.2, -0.15) is 0 Å². The number of aliphatic hydroxyl groups is 2. The highest BCUT2D eigenvalue weighted by Crippen LogP contribution is 2.67. The predicted octanol–water partition coefficient (Wildman–Crippen LogP) is 6.62. The van der Waals surface area contributed by atoms with Crippen molar-refractivity contribution in [2.45, 2.75) is 103 Å². The van der Waals surface area contributed by atoms with Gasteiger partial charge >= 0.3 is 0 Å². The first-order valence-electron chi connectivity index (χ1n) is 13.2. The largest absolute Gasteiger partial charge is 0.390 e. The highest BCUT2D eigenvalue weighted by Gasteiger charge is 2.58. The molecule has 6 unspecified atom stereocenters. The van der Waals surface area contributed by atoms with Gasteiger partial charge in [-0.15, -0.1) is 0 Å². The standard InChI is InChI=1S/C29H43NO2/c1-27(32)15-16-29(3)22(19-27)7-9-23-24-10-8-21(28(24,2)14-11-25(23)29)5-4-6-26(31)20-12-17-30-18-13-20/h7,12-13,17-18,21,23-26,31-32H,4-6,8-11,14-16,19H2,1-3H3/t21?,23?,24-,25?,26?,27-,28?,29?/m0/s1. The van der Waals surface area contributed by atoms with Gasteiger partial charge in [-0.3, -0.25) is 4.98 Å². The lowest BCUT2D eigenvalue weighted by molar-refractivity contribution is -0.0662. The van der Waals surface area contributed by atoms with E-state index in [2.05, 4.69) is 24.9 Å². The van der Waals surface area contributed by atoms with Crippen LogP contribution in [0.25, 0.3) is 0 Å². The Morgan fingerprint density at radius 1 is 1.03 bits per heavy atom. The van der Waals surface area contributed by atoms with Crippen LogP contribution < -0.4 is 0 Å². The zero-order valence-corrected chi connectivity index (χ0v) is 20.4. The van der Waals surface area contributed by atoms with E-state index in [0.29, 0.717) is 10.8 Å². The van der Waals surface area contributed by atoms with Crippen molar-refractivity contribution in [2.75, 3.05) is 0 Å². The monoisotopic (exact) mass is 437 g/mol. The van der Waals surface area contributed by atoms with E-state index in [1.807, 2.05) is 19.1 Å². The van der Waals surface area contributed by atoms with Crippen LogP contribution >= 0.6 is 0 Å². The molecular formula is C29H43NO2. The Bertz CT molecular complexity index is 848. The first kappa shape index (κ1) is 22.6. The Hall–Kier alpha value is -1.19. The highest BCUT2D eigenvalue weighted by atomic mass is 16.3. The lowest BCUT2D eigenvalue weighted by atomic mass is 9.46. The average Bonchev–Trinajstić information content (AvgIpc) is 3.11. The highest BCUT2D eigenvalue weighted by molar-refractivity contribution is 5.26. The van der Waals surface area contributed by atoms with Crippen molar-refractivity contribution < 1.29 is 10.2 Å². The van der Waals surface area contributed by atoms with Crippen molar-refractivity contribution >= 4 is 0 Å². The SMILES string of the molecule is CC12CC[C@](C)(O)CC1=CCC1C2CCC2(C)C(CCCC(O)c3ccncc3)CC[C@@H]12. The molecule has 8 atom stereocenters. The van der Waals surface area contributed by atoms with Crippen LogP contribution in [0.1, 0.15) is 103 Å². The number of hydrogen-bond acceptors (Lipinski definition) is 3. The molecule has 3 nitrogen and oxygen atoms in total. The molecule has 176 valence electrons. The quantitative estimate of drug-likeness (QED) is 0.509. The summed E-state index contributed by atoms with van der Waals surface area (Å²) in [4.78, 5) is 4.07. The number of rotatable bonds is 5. The second-order valence-corrected chi connectivity index (χ2v) is 12.5. The average molecular weight is 438 g/mol. The topological polar surface area (TPSA) is 53.4 Å². The van der Waals surface area contributed by atoms with Crippen LogP contribution in [0.5, 0.6) is 0 Å². The van der Waals surface area contributed by atoms with E-state index in [0.717, 1.165) is 61.3 Å². The second-order valence-electron chi connectivity index (χ2n) is 12.5. The Kier molecular flexibility index (Phi) is 5.82. The molecule has 0 saturated heterocycles. The number of hydrogen-bond donors (Lipinski definition) is 2. The fourth-order valence-electron chi connectivity index (χ4n) is 8.70. The molecule has 4 aliphatic rings. The van der Waals surface area contributed by atoms with E-state index in [4.69, 9.17) is 0 Å². The second kappa shape index (κ2) is 8.24. The maximum Gasteiger partial charge on any atom is 0.0791 e. The molecule has 1 heterocycles. The van der Waals surface area contributed by atoms with Gasteiger partial charge in [0.05, 0.1) is 11.7 Å². The maximum absolute atomic E-state index is 10.7. The summed E-state index contributed by atoms with van der Waals surface area (Å²) >= 11 is 0. The van der Waals surface area contributed by atoms with Crippen molar-refractivity contribution in [3.05, 3.63) is 41.7 Å². The minimum atomic E-state index is -0.499. The normalized spacial score (nSPS) is 44.2. The molecule has 3 fully saturated rings. The van der Waals surface area contributed by atoms with Gasteiger partial charge in [-0.25, -0.2) is 0 Å². The zero-order valence-electron chi connectivity index (χ0n) is 20.4. The van der Waals surface area contributed by atoms with Crippen LogP contribution in [-0.4, -0.2) is 20.8 Å². The number of aliphatic hydroxyl groups excluding tert-OH is 1. The minimum absolute atomic E-state index is 0.319. The molecule has 0 amide bonds. The molecule has 0 aromatic carbocycles. The van der Waals surface area contributed by atoms with Crippen LogP contribution in [0.4, 0.5) is 0 Å². The number of allylic oxidation sites excluding steroid dienone is 1. The van der Waals surface area contributed by atoms with Gasteiger partial charge in [0.2, 0.25) is 0 Å². The summed E-state index contributed by atoms with van der Waals surface area (Å²) in [7, 11) is 0. The third-order valence-electron chi connectivity index (χ3n) is 10.7. The van der Waals surface area contributed by atoms with Gasteiger partial charge in [-0.05, 0) is 123 Å². The Morgan fingerprint density at radius 2 is 1.81 bits per heavy atom. The van der Waals surface area contributed by atoms with Crippen molar-refractivity contribution in [3.63, 3.8) is 0 Å². The Labute approximate surface area is 194 Å². The summed E-state index contributed by atoms with van der Waals surface area (Å²) in [6, 6.07) is 3.88. The van der Waals surface area contributed by atoms with Crippen LogP contribution in [0.15, 0.2) is 36.2 Å².